The van der Waals surface area contributed by atoms with Crippen LogP contribution in [0.3, 0.4) is 0 Å². The zero-order valence-electron chi connectivity index (χ0n) is 29.0. The van der Waals surface area contributed by atoms with Crippen molar-refractivity contribution in [1.29, 1.82) is 0 Å². The highest BCUT2D eigenvalue weighted by Crippen LogP contribution is 2.29. The summed E-state index contributed by atoms with van der Waals surface area (Å²) in [6.07, 6.45) is 9.87. The molecular formula is C38H58N4O5. The topological polar surface area (TPSA) is 122 Å². The van der Waals surface area contributed by atoms with Crippen LogP contribution < -0.4 is 10.6 Å². The summed E-state index contributed by atoms with van der Waals surface area (Å²) in [7, 11) is 1.76. The van der Waals surface area contributed by atoms with E-state index in [0.717, 1.165) is 50.9 Å². The van der Waals surface area contributed by atoms with Crippen LogP contribution in [0.4, 0.5) is 0 Å². The van der Waals surface area contributed by atoms with Gasteiger partial charge in [0.05, 0.1) is 18.1 Å². The predicted molar refractivity (Wildman–Crippen MR) is 187 cm³/mol. The summed E-state index contributed by atoms with van der Waals surface area (Å²) >= 11 is 0. The Hall–Kier alpha value is -3.37. The molecule has 4 N–H and O–H groups in total. The molecule has 1 aromatic carbocycles. The molecule has 0 bridgehead atoms. The Bertz CT molecular complexity index is 1180. The van der Waals surface area contributed by atoms with Gasteiger partial charge in [0.25, 0.3) is 0 Å². The van der Waals surface area contributed by atoms with Crippen LogP contribution in [0.2, 0.25) is 0 Å². The molecule has 0 heterocycles. The molecule has 1 aromatic rings. The highest BCUT2D eigenvalue weighted by Gasteiger charge is 2.34. The second kappa shape index (κ2) is 22.2. The van der Waals surface area contributed by atoms with Crippen molar-refractivity contribution in [2.24, 2.45) is 11.8 Å². The zero-order chi connectivity index (χ0) is 34.6. The molecule has 47 heavy (non-hydrogen) atoms. The van der Waals surface area contributed by atoms with E-state index in [9.17, 15) is 24.6 Å². The molecule has 2 rings (SSSR count). The lowest BCUT2D eigenvalue weighted by atomic mass is 9.82. The van der Waals surface area contributed by atoms with Crippen molar-refractivity contribution in [3.63, 3.8) is 0 Å². The van der Waals surface area contributed by atoms with E-state index in [4.69, 9.17) is 6.42 Å². The van der Waals surface area contributed by atoms with Gasteiger partial charge in [-0.05, 0) is 50.8 Å². The monoisotopic (exact) mass is 650 g/mol. The maximum absolute atomic E-state index is 13.9. The average molecular weight is 651 g/mol. The Morgan fingerprint density at radius 3 is 2.30 bits per heavy atom. The van der Waals surface area contributed by atoms with Crippen molar-refractivity contribution < 1.29 is 24.6 Å². The first-order valence-corrected chi connectivity index (χ1v) is 17.4. The fourth-order valence-electron chi connectivity index (χ4n) is 6.20. The van der Waals surface area contributed by atoms with E-state index < -0.39 is 42.0 Å². The molecular weight excluding hydrogens is 592 g/mol. The van der Waals surface area contributed by atoms with E-state index in [0.29, 0.717) is 31.7 Å². The van der Waals surface area contributed by atoms with Crippen molar-refractivity contribution in [1.82, 2.24) is 20.4 Å². The summed E-state index contributed by atoms with van der Waals surface area (Å²) in [6.45, 7) is 8.92. The van der Waals surface area contributed by atoms with Gasteiger partial charge >= 0.3 is 0 Å². The number of nitrogens with zero attached hydrogens (tertiary/aromatic N) is 2. The number of hydrogen-bond acceptors (Lipinski definition) is 6. The van der Waals surface area contributed by atoms with Gasteiger partial charge in [0.15, 0.2) is 0 Å². The van der Waals surface area contributed by atoms with Gasteiger partial charge in [-0.1, -0.05) is 76.3 Å². The number of carbonyl (C=O) groups excluding carboxylic acids is 3. The van der Waals surface area contributed by atoms with Gasteiger partial charge in [0, 0.05) is 39.4 Å². The van der Waals surface area contributed by atoms with Gasteiger partial charge < -0.3 is 30.6 Å². The summed E-state index contributed by atoms with van der Waals surface area (Å²) in [4.78, 5) is 44.9. The number of nitrogens with one attached hydrogen (secondary N) is 2. The number of aliphatic hydroxyl groups is 2. The van der Waals surface area contributed by atoms with Crippen LogP contribution >= 0.6 is 0 Å². The number of hydrogen-bond donors (Lipinski definition) is 4. The van der Waals surface area contributed by atoms with Gasteiger partial charge in [-0.3, -0.25) is 14.4 Å². The number of carbonyl (C=O) groups is 3. The summed E-state index contributed by atoms with van der Waals surface area (Å²) in [5.41, 5.74) is 0.914. The molecule has 5 atom stereocenters. The summed E-state index contributed by atoms with van der Waals surface area (Å²) in [6, 6.07) is 7.81. The molecule has 1 fully saturated rings. The number of benzene rings is 1. The normalized spacial score (nSPS) is 16.5. The van der Waals surface area contributed by atoms with Crippen LogP contribution in [-0.2, 0) is 20.8 Å². The van der Waals surface area contributed by atoms with E-state index in [1.165, 1.54) is 6.42 Å². The van der Waals surface area contributed by atoms with Gasteiger partial charge in [-0.2, -0.15) is 0 Å². The SMILES string of the molecule is C#CCC[C@H](O)[C@H](O)[C@H](CC1CCCCC1)NC(=O)[C@H](CC#CC)NC(=O)[C@@H](CC(=O)N(C)CCN(CC)CC)Cc1ccccc1. The lowest BCUT2D eigenvalue weighted by Crippen LogP contribution is -2.56. The highest BCUT2D eigenvalue weighted by molar-refractivity contribution is 5.91. The smallest absolute Gasteiger partial charge is 0.243 e. The molecule has 0 unspecified atom stereocenters. The fraction of sp³-hybridized carbons (Fsp3) is 0.658. The molecule has 0 radical (unpaired) electrons. The molecule has 0 aliphatic heterocycles. The van der Waals surface area contributed by atoms with E-state index in [-0.39, 0.29) is 25.2 Å². The molecule has 0 saturated heterocycles. The van der Waals surface area contributed by atoms with Crippen LogP contribution in [0.1, 0.15) is 90.5 Å². The number of amides is 3. The van der Waals surface area contributed by atoms with Crippen molar-refractivity contribution in [3.05, 3.63) is 35.9 Å². The summed E-state index contributed by atoms with van der Waals surface area (Å²) < 4.78 is 0. The summed E-state index contributed by atoms with van der Waals surface area (Å²) in [5, 5.41) is 27.7. The highest BCUT2D eigenvalue weighted by atomic mass is 16.3. The standard InChI is InChI=1S/C38H58N4O5/c1-6-10-22-32(38(47)40-33(27-30-20-16-13-17-21-30)36(45)34(43)23-11-7-2)39-37(46)31(26-29-18-14-12-15-19-29)28-35(44)41(5)24-25-42(8-3)9-4/h2,12,14-15,18-19,30-34,36,43,45H,8-9,11,13,16-17,20-28H2,1,3-5H3,(H,39,46)(H,40,47)/t31-,32+,33+,34+,36-/m1/s1. The third kappa shape index (κ3) is 14.5. The first-order chi connectivity index (χ1) is 22.6. The van der Waals surface area contributed by atoms with Crippen molar-refractivity contribution in [2.75, 3.05) is 33.2 Å². The van der Waals surface area contributed by atoms with Gasteiger partial charge in [-0.25, -0.2) is 0 Å². The number of likely N-dealkylation sites (N-methyl/N-ethyl adjacent to an activating group) is 2. The minimum Gasteiger partial charge on any atom is -0.390 e. The largest absolute Gasteiger partial charge is 0.390 e. The molecule has 3 amide bonds. The van der Waals surface area contributed by atoms with E-state index in [1.807, 2.05) is 30.3 Å². The zero-order valence-corrected chi connectivity index (χ0v) is 29.0. The first kappa shape index (κ1) is 39.8. The minimum atomic E-state index is -1.21. The fourth-order valence-corrected chi connectivity index (χ4v) is 6.20. The Morgan fingerprint density at radius 2 is 1.68 bits per heavy atom. The van der Waals surface area contributed by atoms with Crippen LogP contribution in [0.25, 0.3) is 0 Å². The minimum absolute atomic E-state index is 0.00629. The van der Waals surface area contributed by atoms with E-state index >= 15 is 0 Å². The number of rotatable bonds is 20. The Kier molecular flexibility index (Phi) is 18.8. The van der Waals surface area contributed by atoms with Gasteiger partial charge in [-0.15, -0.1) is 24.2 Å². The predicted octanol–water partition coefficient (Wildman–Crippen LogP) is 3.52. The molecule has 9 heteroatoms. The number of aliphatic hydroxyl groups excluding tert-OH is 2. The molecule has 0 aromatic heterocycles. The third-order valence-corrected chi connectivity index (χ3v) is 9.34. The lowest BCUT2D eigenvalue weighted by molar-refractivity contribution is -0.137. The summed E-state index contributed by atoms with van der Waals surface area (Å²) in [5.74, 6) is 6.79. The molecule has 9 nitrogen and oxygen atoms in total. The second-order valence-electron chi connectivity index (χ2n) is 12.8. The number of terminal acetylenes is 1. The van der Waals surface area contributed by atoms with Crippen molar-refractivity contribution >= 4 is 17.7 Å². The van der Waals surface area contributed by atoms with Gasteiger partial charge in [0.1, 0.15) is 12.1 Å². The van der Waals surface area contributed by atoms with Crippen LogP contribution in [0.5, 0.6) is 0 Å². The van der Waals surface area contributed by atoms with Crippen LogP contribution in [0, 0.1) is 36.0 Å². The molecule has 260 valence electrons. The average Bonchev–Trinajstić information content (AvgIpc) is 3.09. The van der Waals surface area contributed by atoms with Crippen molar-refractivity contribution in [3.8, 4) is 24.2 Å². The maximum Gasteiger partial charge on any atom is 0.243 e. The van der Waals surface area contributed by atoms with Gasteiger partial charge in [0.2, 0.25) is 17.7 Å². The Balaban J connectivity index is 2.24. The van der Waals surface area contributed by atoms with E-state index in [1.54, 1.807) is 18.9 Å². The quantitative estimate of drug-likeness (QED) is 0.160. The Labute approximate surface area is 283 Å². The molecule has 1 aliphatic carbocycles. The molecule has 0 spiro atoms. The van der Waals surface area contributed by atoms with Crippen LogP contribution in [-0.4, -0.2) is 95.3 Å². The molecule has 1 saturated carbocycles. The molecule has 1 aliphatic rings. The lowest BCUT2D eigenvalue weighted by Gasteiger charge is -2.33. The van der Waals surface area contributed by atoms with Crippen molar-refractivity contribution in [2.45, 2.75) is 116 Å². The second-order valence-corrected chi connectivity index (χ2v) is 12.8. The maximum atomic E-state index is 13.9. The van der Waals surface area contributed by atoms with Crippen LogP contribution in [0.15, 0.2) is 30.3 Å². The Morgan fingerprint density at radius 1 is 1.00 bits per heavy atom. The third-order valence-electron chi connectivity index (χ3n) is 9.34. The first-order valence-electron chi connectivity index (χ1n) is 17.4. The van der Waals surface area contributed by atoms with E-state index in [2.05, 4.69) is 47.1 Å².